The van der Waals surface area contributed by atoms with Crippen LogP contribution in [0.5, 0.6) is 5.75 Å². The molecule has 0 aliphatic heterocycles. The van der Waals surface area contributed by atoms with Crippen molar-refractivity contribution in [1.82, 2.24) is 6.15 Å². The molecule has 0 heterocycles. The molecule has 5 heteroatoms. The molecule has 68 valence electrons. The van der Waals surface area contributed by atoms with E-state index in [0.29, 0.717) is 0 Å². The van der Waals surface area contributed by atoms with Crippen molar-refractivity contribution in [2.24, 2.45) is 0 Å². The minimum absolute atomic E-state index is 0. The number of phenolic OH excluding ortho intramolecular Hbond substituents is 1. The Morgan fingerprint density at radius 1 is 1.08 bits per heavy atom. The monoisotopic (exact) mass is 179 g/mol. The van der Waals surface area contributed by atoms with Crippen molar-refractivity contribution < 1.29 is 18.3 Å². The van der Waals surface area contributed by atoms with E-state index in [-0.39, 0.29) is 6.15 Å². The van der Waals surface area contributed by atoms with Gasteiger partial charge in [0.05, 0.1) is 5.56 Å². The van der Waals surface area contributed by atoms with Crippen LogP contribution >= 0.6 is 0 Å². The van der Waals surface area contributed by atoms with Crippen LogP contribution < -0.4 is 6.15 Å². The maximum atomic E-state index is 11.9. The van der Waals surface area contributed by atoms with Gasteiger partial charge in [-0.1, -0.05) is 12.1 Å². The van der Waals surface area contributed by atoms with Crippen molar-refractivity contribution in [1.29, 1.82) is 0 Å². The third kappa shape index (κ3) is 2.13. The Labute approximate surface area is 67.2 Å². The van der Waals surface area contributed by atoms with E-state index >= 15 is 0 Å². The van der Waals surface area contributed by atoms with Gasteiger partial charge in [0.15, 0.2) is 0 Å². The van der Waals surface area contributed by atoms with Gasteiger partial charge in [-0.05, 0) is 12.1 Å². The number of hydrogen-bond acceptors (Lipinski definition) is 2. The highest BCUT2D eigenvalue weighted by molar-refractivity contribution is 5.33. The molecule has 0 amide bonds. The van der Waals surface area contributed by atoms with Crippen molar-refractivity contribution in [2.45, 2.75) is 6.18 Å². The second-order valence-electron chi connectivity index (χ2n) is 2.01. The fourth-order valence-electron chi connectivity index (χ4n) is 0.713. The first-order valence-corrected chi connectivity index (χ1v) is 2.87. The fourth-order valence-corrected chi connectivity index (χ4v) is 0.713. The molecule has 0 unspecified atom stereocenters. The quantitative estimate of drug-likeness (QED) is 0.643. The second-order valence-corrected chi connectivity index (χ2v) is 2.01. The average Bonchev–Trinajstić information content (AvgIpc) is 1.86. The topological polar surface area (TPSA) is 55.2 Å². The van der Waals surface area contributed by atoms with E-state index in [1.54, 1.807) is 0 Å². The first kappa shape index (κ1) is 10.8. The molecule has 1 rings (SSSR count). The molecule has 4 N–H and O–H groups in total. The highest BCUT2D eigenvalue weighted by atomic mass is 19.4. The minimum Gasteiger partial charge on any atom is -0.507 e. The van der Waals surface area contributed by atoms with Crippen molar-refractivity contribution in [2.75, 3.05) is 0 Å². The van der Waals surface area contributed by atoms with Gasteiger partial charge in [0, 0.05) is 0 Å². The summed E-state index contributed by atoms with van der Waals surface area (Å²) >= 11 is 0. The summed E-state index contributed by atoms with van der Waals surface area (Å²) in [6, 6.07) is 4.39. The zero-order chi connectivity index (χ0) is 8.48. The summed E-state index contributed by atoms with van der Waals surface area (Å²) < 4.78 is 35.7. The van der Waals surface area contributed by atoms with Crippen molar-refractivity contribution in [3.8, 4) is 5.75 Å². The normalized spacial score (nSPS) is 10.6. The molecule has 0 fully saturated rings. The zero-order valence-electron chi connectivity index (χ0n) is 6.10. The van der Waals surface area contributed by atoms with Crippen LogP contribution in [0.25, 0.3) is 0 Å². The fraction of sp³-hybridized carbons (Fsp3) is 0.143. The zero-order valence-corrected chi connectivity index (χ0v) is 6.10. The largest absolute Gasteiger partial charge is 0.507 e. The summed E-state index contributed by atoms with van der Waals surface area (Å²) in [7, 11) is 0. The lowest BCUT2D eigenvalue weighted by atomic mass is 10.2. The number of rotatable bonds is 0. The summed E-state index contributed by atoms with van der Waals surface area (Å²) in [5, 5.41) is 8.73. The van der Waals surface area contributed by atoms with E-state index in [1.165, 1.54) is 12.1 Å². The van der Waals surface area contributed by atoms with Crippen molar-refractivity contribution >= 4 is 0 Å². The minimum atomic E-state index is -4.47. The first-order valence-electron chi connectivity index (χ1n) is 2.87. The molecule has 0 radical (unpaired) electrons. The molecule has 0 aromatic heterocycles. The van der Waals surface area contributed by atoms with Crippen LogP contribution in [0.1, 0.15) is 5.56 Å². The van der Waals surface area contributed by atoms with Crippen molar-refractivity contribution in [3.05, 3.63) is 29.8 Å². The maximum absolute atomic E-state index is 11.9. The molecule has 0 spiro atoms. The van der Waals surface area contributed by atoms with Crippen LogP contribution in [0.3, 0.4) is 0 Å². The first-order chi connectivity index (χ1) is 5.02. The van der Waals surface area contributed by atoms with Gasteiger partial charge >= 0.3 is 6.18 Å². The van der Waals surface area contributed by atoms with Crippen LogP contribution in [-0.4, -0.2) is 5.11 Å². The second kappa shape index (κ2) is 3.44. The summed E-state index contributed by atoms with van der Waals surface area (Å²) in [6.45, 7) is 0. The summed E-state index contributed by atoms with van der Waals surface area (Å²) in [6.07, 6.45) is -4.47. The maximum Gasteiger partial charge on any atom is 0.419 e. The molecular formula is C7H8F3NO. The molecule has 0 aliphatic rings. The van der Waals surface area contributed by atoms with Crippen molar-refractivity contribution in [3.63, 3.8) is 0 Å². The van der Waals surface area contributed by atoms with Crippen LogP contribution in [0.4, 0.5) is 13.2 Å². The predicted octanol–water partition coefficient (Wildman–Crippen LogP) is 2.57. The SMILES string of the molecule is N.Oc1ccccc1C(F)(F)F. The Balaban J connectivity index is 0.00000121. The molecule has 0 aliphatic carbocycles. The van der Waals surface area contributed by atoms with Gasteiger partial charge in [0.25, 0.3) is 0 Å². The lowest BCUT2D eigenvalue weighted by molar-refractivity contribution is -0.138. The van der Waals surface area contributed by atoms with E-state index in [2.05, 4.69) is 0 Å². The summed E-state index contributed by atoms with van der Waals surface area (Å²) in [5.41, 5.74) is -1.000. The third-order valence-corrected chi connectivity index (χ3v) is 1.21. The standard InChI is InChI=1S/C7H5F3O.H3N/c8-7(9,10)5-3-1-2-4-6(5)11;/h1-4,11H;1H3. The highest BCUT2D eigenvalue weighted by Crippen LogP contribution is 2.34. The van der Waals surface area contributed by atoms with E-state index in [4.69, 9.17) is 5.11 Å². The van der Waals surface area contributed by atoms with E-state index in [1.807, 2.05) is 0 Å². The number of phenols is 1. The molecule has 0 atom stereocenters. The highest BCUT2D eigenvalue weighted by Gasteiger charge is 2.33. The lowest BCUT2D eigenvalue weighted by Crippen LogP contribution is -2.04. The third-order valence-electron chi connectivity index (χ3n) is 1.21. The summed E-state index contributed by atoms with van der Waals surface area (Å²) in [5.74, 6) is -0.736. The van der Waals surface area contributed by atoms with Gasteiger partial charge in [-0.2, -0.15) is 13.2 Å². The van der Waals surface area contributed by atoms with Crippen LogP contribution in [0, 0.1) is 0 Å². The lowest BCUT2D eigenvalue weighted by Gasteiger charge is -2.06. The van der Waals surface area contributed by atoms with E-state index in [9.17, 15) is 13.2 Å². The smallest absolute Gasteiger partial charge is 0.419 e. The van der Waals surface area contributed by atoms with E-state index < -0.39 is 17.5 Å². The van der Waals surface area contributed by atoms with Gasteiger partial charge in [0.1, 0.15) is 5.75 Å². The number of halogens is 3. The number of para-hydroxylation sites is 1. The van der Waals surface area contributed by atoms with Gasteiger partial charge in [-0.15, -0.1) is 0 Å². The van der Waals surface area contributed by atoms with Gasteiger partial charge < -0.3 is 11.3 Å². The molecule has 12 heavy (non-hydrogen) atoms. The predicted molar refractivity (Wildman–Crippen MR) is 38.1 cm³/mol. The Kier molecular flexibility index (Phi) is 3.09. The Hall–Kier alpha value is -1.23. The molecule has 0 saturated carbocycles. The molecule has 0 saturated heterocycles. The van der Waals surface area contributed by atoms with Gasteiger partial charge in [-0.25, -0.2) is 0 Å². The van der Waals surface area contributed by atoms with Gasteiger partial charge in [-0.3, -0.25) is 0 Å². The molecule has 1 aromatic carbocycles. The molecule has 1 aromatic rings. The number of hydrogen-bond donors (Lipinski definition) is 2. The Morgan fingerprint density at radius 3 is 1.92 bits per heavy atom. The van der Waals surface area contributed by atoms with Gasteiger partial charge in [0.2, 0.25) is 0 Å². The molecule has 2 nitrogen and oxygen atoms in total. The number of alkyl halides is 3. The summed E-state index contributed by atoms with van der Waals surface area (Å²) in [4.78, 5) is 0. The van der Waals surface area contributed by atoms with Crippen LogP contribution in [0.2, 0.25) is 0 Å². The number of benzene rings is 1. The van der Waals surface area contributed by atoms with E-state index in [0.717, 1.165) is 12.1 Å². The number of aromatic hydroxyl groups is 1. The molecular weight excluding hydrogens is 171 g/mol. The van der Waals surface area contributed by atoms with Crippen LogP contribution in [0.15, 0.2) is 24.3 Å². The molecule has 0 bridgehead atoms. The Bertz CT molecular complexity index is 259. The van der Waals surface area contributed by atoms with Crippen LogP contribution in [-0.2, 0) is 6.18 Å². The Morgan fingerprint density at radius 2 is 1.58 bits per heavy atom. The average molecular weight is 179 g/mol.